The van der Waals surface area contributed by atoms with Crippen LogP contribution in [0.1, 0.15) is 19.8 Å². The lowest BCUT2D eigenvalue weighted by Gasteiger charge is -2.32. The fraction of sp³-hybridized carbons (Fsp3) is 0.800. The molecular formula is C10H16O4. The van der Waals surface area contributed by atoms with Crippen molar-refractivity contribution in [1.29, 1.82) is 0 Å². The summed E-state index contributed by atoms with van der Waals surface area (Å²) in [5.41, 5.74) is 0. The third-order valence-corrected chi connectivity index (χ3v) is 2.77. The smallest absolute Gasteiger partial charge is 0.311 e. The molecule has 0 aromatic heterocycles. The average Bonchev–Trinajstić information content (AvgIpc) is 2.15. The van der Waals surface area contributed by atoms with Gasteiger partial charge in [-0.1, -0.05) is 6.92 Å². The first kappa shape index (κ1) is 11.2. The highest BCUT2D eigenvalue weighted by atomic mass is 16.5. The average molecular weight is 200 g/mol. The molecule has 0 N–H and O–H groups in total. The van der Waals surface area contributed by atoms with E-state index in [1.807, 2.05) is 6.92 Å². The third kappa shape index (κ3) is 2.12. The summed E-state index contributed by atoms with van der Waals surface area (Å²) >= 11 is 0. The van der Waals surface area contributed by atoms with E-state index in [4.69, 9.17) is 9.47 Å². The molecule has 1 aliphatic rings. The van der Waals surface area contributed by atoms with E-state index in [-0.39, 0.29) is 29.7 Å². The van der Waals surface area contributed by atoms with Crippen LogP contribution >= 0.6 is 0 Å². The molecule has 80 valence electrons. The maximum Gasteiger partial charge on any atom is 0.311 e. The van der Waals surface area contributed by atoms with Gasteiger partial charge in [-0.3, -0.25) is 9.59 Å². The van der Waals surface area contributed by atoms with Gasteiger partial charge in [0.25, 0.3) is 0 Å². The molecule has 1 fully saturated rings. The molecule has 0 aromatic carbocycles. The minimum absolute atomic E-state index is 0.00801. The van der Waals surface area contributed by atoms with Gasteiger partial charge in [0.2, 0.25) is 0 Å². The molecule has 0 heterocycles. The quantitative estimate of drug-likeness (QED) is 0.618. The molecule has 14 heavy (non-hydrogen) atoms. The van der Waals surface area contributed by atoms with Crippen LogP contribution in [0.4, 0.5) is 0 Å². The van der Waals surface area contributed by atoms with Crippen molar-refractivity contribution in [3.05, 3.63) is 0 Å². The zero-order valence-electron chi connectivity index (χ0n) is 8.78. The van der Waals surface area contributed by atoms with Crippen molar-refractivity contribution >= 4 is 11.8 Å². The second kappa shape index (κ2) is 4.55. The van der Waals surface area contributed by atoms with Gasteiger partial charge in [-0.2, -0.15) is 0 Å². The van der Waals surface area contributed by atoms with Gasteiger partial charge in [-0.05, 0) is 5.92 Å². The number of ketones is 1. The first-order chi connectivity index (χ1) is 6.60. The number of ether oxygens (including phenoxy) is 2. The van der Waals surface area contributed by atoms with E-state index >= 15 is 0 Å². The predicted octanol–water partition coefficient (Wildman–Crippen LogP) is 0.790. The lowest BCUT2D eigenvalue weighted by atomic mass is 9.77. The Labute approximate surface area is 83.6 Å². The van der Waals surface area contributed by atoms with Gasteiger partial charge in [0.1, 0.15) is 5.78 Å². The van der Waals surface area contributed by atoms with Crippen molar-refractivity contribution in [2.75, 3.05) is 14.2 Å². The second-order valence-corrected chi connectivity index (χ2v) is 3.75. The second-order valence-electron chi connectivity index (χ2n) is 3.75. The maximum absolute atomic E-state index is 11.4. The van der Waals surface area contributed by atoms with Crippen molar-refractivity contribution in [2.24, 2.45) is 11.8 Å². The Hall–Kier alpha value is -0.900. The minimum atomic E-state index is -0.321. The normalized spacial score (nSPS) is 32.8. The predicted molar refractivity (Wildman–Crippen MR) is 49.7 cm³/mol. The number of Topliss-reactive ketones (excluding diaryl/α,β-unsaturated/α-hetero) is 1. The highest BCUT2D eigenvalue weighted by molar-refractivity contribution is 5.84. The van der Waals surface area contributed by atoms with Crippen LogP contribution in [0.2, 0.25) is 0 Å². The summed E-state index contributed by atoms with van der Waals surface area (Å²) in [6.07, 6.45) is 0.443. The van der Waals surface area contributed by atoms with Gasteiger partial charge in [-0.15, -0.1) is 0 Å². The Kier molecular flexibility index (Phi) is 3.63. The van der Waals surface area contributed by atoms with Crippen LogP contribution in [0.25, 0.3) is 0 Å². The molecule has 1 aliphatic carbocycles. The number of methoxy groups -OCH3 is 2. The van der Waals surface area contributed by atoms with Crippen LogP contribution in [-0.2, 0) is 19.1 Å². The highest BCUT2D eigenvalue weighted by Crippen LogP contribution is 2.30. The number of hydrogen-bond acceptors (Lipinski definition) is 4. The Morgan fingerprint density at radius 1 is 1.36 bits per heavy atom. The summed E-state index contributed by atoms with van der Waals surface area (Å²) in [6.45, 7) is 1.88. The molecule has 1 rings (SSSR count). The monoisotopic (exact) mass is 200 g/mol. The maximum atomic E-state index is 11.4. The van der Waals surface area contributed by atoms with Crippen LogP contribution in [0, 0.1) is 11.8 Å². The van der Waals surface area contributed by atoms with E-state index < -0.39 is 0 Å². The Balaban J connectivity index is 2.78. The molecule has 0 bridgehead atoms. The van der Waals surface area contributed by atoms with Crippen LogP contribution in [0.3, 0.4) is 0 Å². The summed E-state index contributed by atoms with van der Waals surface area (Å²) < 4.78 is 9.84. The van der Waals surface area contributed by atoms with E-state index in [1.54, 1.807) is 0 Å². The summed E-state index contributed by atoms with van der Waals surface area (Å²) in [4.78, 5) is 22.7. The van der Waals surface area contributed by atoms with E-state index in [9.17, 15) is 9.59 Å². The molecule has 0 aromatic rings. The van der Waals surface area contributed by atoms with Gasteiger partial charge in [0, 0.05) is 20.0 Å². The number of hydrogen-bond donors (Lipinski definition) is 0. The zero-order chi connectivity index (χ0) is 10.7. The van der Waals surface area contributed by atoms with Crippen LogP contribution in [-0.4, -0.2) is 32.1 Å². The van der Waals surface area contributed by atoms with Crippen molar-refractivity contribution in [3.63, 3.8) is 0 Å². The molecule has 0 radical (unpaired) electrons. The molecule has 0 amide bonds. The van der Waals surface area contributed by atoms with E-state index in [1.165, 1.54) is 14.2 Å². The number of esters is 1. The number of carbonyl (C=O) groups is 2. The van der Waals surface area contributed by atoms with Gasteiger partial charge in [0.05, 0.1) is 19.1 Å². The lowest BCUT2D eigenvalue weighted by Crippen LogP contribution is -2.42. The van der Waals surface area contributed by atoms with Gasteiger partial charge in [-0.25, -0.2) is 0 Å². The van der Waals surface area contributed by atoms with Crippen molar-refractivity contribution in [3.8, 4) is 0 Å². The molecule has 0 aliphatic heterocycles. The van der Waals surface area contributed by atoms with Crippen LogP contribution in [0.15, 0.2) is 0 Å². The van der Waals surface area contributed by atoms with E-state index in [0.29, 0.717) is 12.8 Å². The standard InChI is InChI=1S/C10H16O4/c1-6-4-7(11)5-8(13-2)9(6)10(12)14-3/h6,8-9H,4-5H2,1-3H3/t6-,8+,9+/m0/s1. The largest absolute Gasteiger partial charge is 0.469 e. The fourth-order valence-corrected chi connectivity index (χ4v) is 2.04. The third-order valence-electron chi connectivity index (χ3n) is 2.77. The molecular weight excluding hydrogens is 184 g/mol. The van der Waals surface area contributed by atoms with E-state index in [2.05, 4.69) is 0 Å². The first-order valence-corrected chi connectivity index (χ1v) is 4.72. The van der Waals surface area contributed by atoms with Crippen molar-refractivity contribution < 1.29 is 19.1 Å². The molecule has 4 nitrogen and oxygen atoms in total. The minimum Gasteiger partial charge on any atom is -0.469 e. The number of carbonyl (C=O) groups excluding carboxylic acids is 2. The van der Waals surface area contributed by atoms with Gasteiger partial charge >= 0.3 is 5.97 Å². The van der Waals surface area contributed by atoms with Gasteiger partial charge < -0.3 is 9.47 Å². The Morgan fingerprint density at radius 2 is 2.00 bits per heavy atom. The van der Waals surface area contributed by atoms with Gasteiger partial charge in [0.15, 0.2) is 0 Å². The fourth-order valence-electron chi connectivity index (χ4n) is 2.04. The van der Waals surface area contributed by atoms with E-state index in [0.717, 1.165) is 0 Å². The Morgan fingerprint density at radius 3 is 2.50 bits per heavy atom. The summed E-state index contributed by atoms with van der Waals surface area (Å²) in [6, 6.07) is 0. The van der Waals surface area contributed by atoms with Crippen molar-refractivity contribution in [2.45, 2.75) is 25.9 Å². The molecule has 3 atom stereocenters. The number of rotatable bonds is 2. The lowest BCUT2D eigenvalue weighted by molar-refractivity contribution is -0.157. The molecule has 0 spiro atoms. The highest BCUT2D eigenvalue weighted by Gasteiger charge is 2.40. The molecule has 1 saturated carbocycles. The van der Waals surface area contributed by atoms with Crippen LogP contribution in [0.5, 0.6) is 0 Å². The first-order valence-electron chi connectivity index (χ1n) is 4.72. The van der Waals surface area contributed by atoms with Crippen LogP contribution < -0.4 is 0 Å². The topological polar surface area (TPSA) is 52.6 Å². The summed E-state index contributed by atoms with van der Waals surface area (Å²) in [5.74, 6) is -0.419. The molecule has 0 saturated heterocycles. The Bertz CT molecular complexity index is 236. The SMILES string of the molecule is COC(=O)[C@@H]1[C@@H](C)CC(=O)C[C@H]1OC. The molecule has 4 heteroatoms. The summed E-state index contributed by atoms with van der Waals surface area (Å²) in [7, 11) is 2.88. The molecule has 0 unspecified atom stereocenters. The summed E-state index contributed by atoms with van der Waals surface area (Å²) in [5, 5.41) is 0. The van der Waals surface area contributed by atoms with Crippen molar-refractivity contribution in [1.82, 2.24) is 0 Å². The zero-order valence-corrected chi connectivity index (χ0v) is 8.78.